The highest BCUT2D eigenvalue weighted by Gasteiger charge is 2.33. The van der Waals surface area contributed by atoms with Gasteiger partial charge in [0, 0.05) is 25.7 Å². The average molecular weight is 274 g/mol. The molecule has 2 saturated heterocycles. The number of likely N-dealkylation sites (tertiary alicyclic amines) is 2. The number of aryl methyl sites for hydroxylation is 1. The molecule has 0 amide bonds. The summed E-state index contributed by atoms with van der Waals surface area (Å²) in [6.07, 6.45) is 3.12. The second-order valence-corrected chi connectivity index (χ2v) is 6.20. The van der Waals surface area contributed by atoms with Gasteiger partial charge in [0.1, 0.15) is 11.9 Å². The van der Waals surface area contributed by atoms with Gasteiger partial charge in [-0.1, -0.05) is 24.6 Å². The lowest BCUT2D eigenvalue weighted by molar-refractivity contribution is 0.00624. The minimum absolute atomic E-state index is 0.384. The molecule has 0 bridgehead atoms. The van der Waals surface area contributed by atoms with E-state index in [2.05, 4.69) is 47.9 Å². The molecule has 0 radical (unpaired) electrons. The van der Waals surface area contributed by atoms with E-state index >= 15 is 0 Å². The zero-order valence-electron chi connectivity index (χ0n) is 12.7. The Kier molecular flexibility index (Phi) is 4.27. The van der Waals surface area contributed by atoms with Gasteiger partial charge in [-0.25, -0.2) is 0 Å². The van der Waals surface area contributed by atoms with Gasteiger partial charge in [-0.05, 0) is 45.0 Å². The fourth-order valence-electron chi connectivity index (χ4n) is 3.37. The summed E-state index contributed by atoms with van der Waals surface area (Å²) in [5.74, 6) is 1.01. The van der Waals surface area contributed by atoms with Gasteiger partial charge >= 0.3 is 0 Å². The first-order chi connectivity index (χ1) is 9.74. The normalized spacial score (nSPS) is 24.8. The lowest BCUT2D eigenvalue weighted by atomic mass is 10.1. The molecule has 1 unspecified atom stereocenters. The molecule has 3 rings (SSSR count). The average Bonchev–Trinajstić information content (AvgIpc) is 2.86. The summed E-state index contributed by atoms with van der Waals surface area (Å²) < 4.78 is 6.00. The molecule has 1 aromatic rings. The summed E-state index contributed by atoms with van der Waals surface area (Å²) in [5.41, 5.74) is 1.29. The third kappa shape index (κ3) is 3.15. The molecule has 2 fully saturated rings. The van der Waals surface area contributed by atoms with E-state index in [0.717, 1.165) is 24.9 Å². The minimum Gasteiger partial charge on any atom is -0.488 e. The third-order valence-electron chi connectivity index (χ3n) is 4.62. The molecule has 1 atom stereocenters. The molecular formula is C17H26N2O. The quantitative estimate of drug-likeness (QED) is 0.820. The van der Waals surface area contributed by atoms with Gasteiger partial charge in [-0.15, -0.1) is 0 Å². The van der Waals surface area contributed by atoms with E-state index in [-0.39, 0.29) is 0 Å². The monoisotopic (exact) mass is 274 g/mol. The van der Waals surface area contributed by atoms with Crippen molar-refractivity contribution in [2.24, 2.45) is 0 Å². The van der Waals surface area contributed by atoms with Crippen LogP contribution in [0, 0.1) is 6.92 Å². The van der Waals surface area contributed by atoms with Crippen molar-refractivity contribution >= 4 is 0 Å². The van der Waals surface area contributed by atoms with E-state index in [1.165, 1.54) is 38.0 Å². The predicted molar refractivity (Wildman–Crippen MR) is 82.3 cm³/mol. The maximum Gasteiger partial charge on any atom is 0.124 e. The fourth-order valence-corrected chi connectivity index (χ4v) is 3.37. The number of benzene rings is 1. The van der Waals surface area contributed by atoms with E-state index in [1.54, 1.807) is 0 Å². The molecule has 20 heavy (non-hydrogen) atoms. The van der Waals surface area contributed by atoms with Gasteiger partial charge in [-0.2, -0.15) is 0 Å². The van der Waals surface area contributed by atoms with Crippen molar-refractivity contribution in [2.75, 3.05) is 32.7 Å². The van der Waals surface area contributed by atoms with Crippen LogP contribution in [-0.4, -0.2) is 54.7 Å². The Morgan fingerprint density at radius 1 is 1.20 bits per heavy atom. The topological polar surface area (TPSA) is 15.7 Å². The van der Waals surface area contributed by atoms with Crippen LogP contribution in [0.4, 0.5) is 0 Å². The number of nitrogens with zero attached hydrogens (tertiary/aromatic N) is 2. The lowest BCUT2D eigenvalue weighted by Crippen LogP contribution is -2.57. The highest BCUT2D eigenvalue weighted by atomic mass is 16.5. The van der Waals surface area contributed by atoms with Crippen LogP contribution in [0.2, 0.25) is 0 Å². The first-order valence-corrected chi connectivity index (χ1v) is 7.94. The first-order valence-electron chi connectivity index (χ1n) is 7.94. The summed E-state index contributed by atoms with van der Waals surface area (Å²) in [6.45, 7) is 10.3. The smallest absolute Gasteiger partial charge is 0.124 e. The molecule has 2 aliphatic rings. The molecule has 0 spiro atoms. The van der Waals surface area contributed by atoms with Gasteiger partial charge < -0.3 is 4.74 Å². The van der Waals surface area contributed by atoms with E-state index < -0.39 is 0 Å². The summed E-state index contributed by atoms with van der Waals surface area (Å²) in [5, 5.41) is 0. The molecule has 3 nitrogen and oxygen atoms in total. The number of hydrogen-bond donors (Lipinski definition) is 0. The standard InChI is InChI=1S/C17H26N2O/c1-3-19-10-4-5-15(19)11-18-12-17(13-18)20-16-8-6-14(2)7-9-16/h6-9,15,17H,3-5,10-13H2,1-2H3. The molecule has 0 aromatic heterocycles. The number of ether oxygens (including phenoxy) is 1. The second kappa shape index (κ2) is 6.15. The van der Waals surface area contributed by atoms with E-state index in [9.17, 15) is 0 Å². The summed E-state index contributed by atoms with van der Waals surface area (Å²) >= 11 is 0. The van der Waals surface area contributed by atoms with Gasteiger partial charge in [0.25, 0.3) is 0 Å². The SMILES string of the molecule is CCN1CCCC1CN1CC(Oc2ccc(C)cc2)C1. The van der Waals surface area contributed by atoms with Crippen molar-refractivity contribution in [3.8, 4) is 5.75 Å². The van der Waals surface area contributed by atoms with Gasteiger partial charge in [-0.3, -0.25) is 9.80 Å². The largest absolute Gasteiger partial charge is 0.488 e. The first kappa shape index (κ1) is 13.9. The molecule has 0 saturated carbocycles. The molecule has 0 aliphatic carbocycles. The second-order valence-electron chi connectivity index (χ2n) is 6.20. The van der Waals surface area contributed by atoms with Crippen LogP contribution in [0.5, 0.6) is 5.75 Å². The molecular weight excluding hydrogens is 248 g/mol. The fraction of sp³-hybridized carbons (Fsp3) is 0.647. The van der Waals surface area contributed by atoms with Crippen molar-refractivity contribution in [2.45, 2.75) is 38.8 Å². The lowest BCUT2D eigenvalue weighted by Gasteiger charge is -2.41. The Bertz CT molecular complexity index is 425. The zero-order valence-corrected chi connectivity index (χ0v) is 12.7. The molecule has 3 heteroatoms. The van der Waals surface area contributed by atoms with Gasteiger partial charge in [0.2, 0.25) is 0 Å². The summed E-state index contributed by atoms with van der Waals surface area (Å²) in [7, 11) is 0. The van der Waals surface area contributed by atoms with Crippen molar-refractivity contribution in [1.29, 1.82) is 0 Å². The molecule has 110 valence electrons. The number of likely N-dealkylation sites (N-methyl/N-ethyl adjacent to an activating group) is 1. The van der Waals surface area contributed by atoms with Crippen LogP contribution in [-0.2, 0) is 0 Å². The summed E-state index contributed by atoms with van der Waals surface area (Å²) in [4.78, 5) is 5.16. The number of rotatable bonds is 5. The maximum absolute atomic E-state index is 6.00. The van der Waals surface area contributed by atoms with E-state index in [1.807, 2.05) is 0 Å². The Labute approximate surface area is 122 Å². The Balaban J connectivity index is 1.41. The minimum atomic E-state index is 0.384. The van der Waals surface area contributed by atoms with Crippen molar-refractivity contribution < 1.29 is 4.74 Å². The molecule has 2 heterocycles. The van der Waals surface area contributed by atoms with Crippen LogP contribution in [0.25, 0.3) is 0 Å². The van der Waals surface area contributed by atoms with Crippen LogP contribution in [0.1, 0.15) is 25.3 Å². The maximum atomic E-state index is 6.00. The Hall–Kier alpha value is -1.06. The van der Waals surface area contributed by atoms with Gasteiger partial charge in [0.15, 0.2) is 0 Å². The van der Waals surface area contributed by atoms with Gasteiger partial charge in [0.05, 0.1) is 0 Å². The number of hydrogen-bond acceptors (Lipinski definition) is 3. The van der Waals surface area contributed by atoms with Crippen molar-refractivity contribution in [1.82, 2.24) is 9.80 Å². The van der Waals surface area contributed by atoms with Crippen LogP contribution < -0.4 is 4.74 Å². The Morgan fingerprint density at radius 2 is 1.95 bits per heavy atom. The zero-order chi connectivity index (χ0) is 13.9. The third-order valence-corrected chi connectivity index (χ3v) is 4.62. The highest BCUT2D eigenvalue weighted by molar-refractivity contribution is 5.26. The van der Waals surface area contributed by atoms with Crippen LogP contribution >= 0.6 is 0 Å². The molecule has 0 N–H and O–H groups in total. The molecule has 2 aliphatic heterocycles. The Morgan fingerprint density at radius 3 is 2.65 bits per heavy atom. The van der Waals surface area contributed by atoms with E-state index in [4.69, 9.17) is 4.74 Å². The summed E-state index contributed by atoms with van der Waals surface area (Å²) in [6, 6.07) is 9.16. The molecule has 1 aromatic carbocycles. The predicted octanol–water partition coefficient (Wildman–Crippen LogP) is 2.54. The van der Waals surface area contributed by atoms with Crippen molar-refractivity contribution in [3.63, 3.8) is 0 Å². The van der Waals surface area contributed by atoms with Crippen molar-refractivity contribution in [3.05, 3.63) is 29.8 Å². The highest BCUT2D eigenvalue weighted by Crippen LogP contribution is 2.22. The van der Waals surface area contributed by atoms with E-state index in [0.29, 0.717) is 6.10 Å². The van der Waals surface area contributed by atoms with Crippen LogP contribution in [0.15, 0.2) is 24.3 Å². The van der Waals surface area contributed by atoms with Crippen LogP contribution in [0.3, 0.4) is 0 Å².